The van der Waals surface area contributed by atoms with Gasteiger partial charge in [0.05, 0.1) is 10.5 Å². The molecule has 1 heterocycles. The highest BCUT2D eigenvalue weighted by molar-refractivity contribution is 5.92. The van der Waals surface area contributed by atoms with Crippen molar-refractivity contribution in [3.8, 4) is 0 Å². The number of amides is 1. The lowest BCUT2D eigenvalue weighted by Crippen LogP contribution is -2.48. The second kappa shape index (κ2) is 10.3. The van der Waals surface area contributed by atoms with Gasteiger partial charge in [-0.3, -0.25) is 19.8 Å². The molecule has 0 radical (unpaired) electrons. The smallest absolute Gasteiger partial charge is 0.339 e. The summed E-state index contributed by atoms with van der Waals surface area (Å²) in [4.78, 5) is 40.8. The van der Waals surface area contributed by atoms with Gasteiger partial charge < -0.3 is 19.9 Å². The number of nitro benzene ring substituents is 1. The van der Waals surface area contributed by atoms with Crippen molar-refractivity contribution in [1.29, 1.82) is 0 Å². The standard InChI is InChI=1S/C23H29N5O5/c1-16(29)26-10-12-27(13-11-26)20-7-5-6-19(15-20)24-21-9-8-18(14-22(21)28(31)32)23(30)33-17(2)25(3)4/h5-9,14-15,17,24H,10-13H2,1-4H3. The van der Waals surface area contributed by atoms with Crippen LogP contribution in [-0.4, -0.2) is 73.1 Å². The monoisotopic (exact) mass is 455 g/mol. The molecule has 1 amide bonds. The number of anilines is 3. The number of benzene rings is 2. The molecule has 176 valence electrons. The van der Waals surface area contributed by atoms with Crippen LogP contribution in [0.15, 0.2) is 42.5 Å². The van der Waals surface area contributed by atoms with Gasteiger partial charge in [-0.2, -0.15) is 0 Å². The minimum Gasteiger partial charge on any atom is -0.443 e. The van der Waals surface area contributed by atoms with Crippen LogP contribution in [0.4, 0.5) is 22.7 Å². The lowest BCUT2D eigenvalue weighted by atomic mass is 10.1. The van der Waals surface area contributed by atoms with Crippen molar-refractivity contribution < 1.29 is 19.2 Å². The number of rotatable bonds is 7. The van der Waals surface area contributed by atoms with Gasteiger partial charge in [0, 0.05) is 50.5 Å². The van der Waals surface area contributed by atoms with E-state index in [0.717, 1.165) is 5.69 Å². The van der Waals surface area contributed by atoms with Gasteiger partial charge in [0.1, 0.15) is 5.69 Å². The Kier molecular flexibility index (Phi) is 7.49. The van der Waals surface area contributed by atoms with Gasteiger partial charge in [-0.1, -0.05) is 6.07 Å². The Morgan fingerprint density at radius 1 is 1.12 bits per heavy atom. The van der Waals surface area contributed by atoms with E-state index >= 15 is 0 Å². The van der Waals surface area contributed by atoms with E-state index in [2.05, 4.69) is 10.2 Å². The molecule has 1 aliphatic rings. The highest BCUT2D eigenvalue weighted by Crippen LogP contribution is 2.31. The zero-order chi connectivity index (χ0) is 24.1. The summed E-state index contributed by atoms with van der Waals surface area (Å²) in [5, 5.41) is 14.8. The first-order valence-electron chi connectivity index (χ1n) is 10.7. The average Bonchev–Trinajstić information content (AvgIpc) is 2.79. The van der Waals surface area contributed by atoms with Crippen LogP contribution in [0.3, 0.4) is 0 Å². The summed E-state index contributed by atoms with van der Waals surface area (Å²) in [6, 6.07) is 11.8. The van der Waals surface area contributed by atoms with Gasteiger partial charge in [-0.15, -0.1) is 0 Å². The van der Waals surface area contributed by atoms with E-state index in [1.807, 2.05) is 29.2 Å². The summed E-state index contributed by atoms with van der Waals surface area (Å²) >= 11 is 0. The molecule has 1 N–H and O–H groups in total. The maximum absolute atomic E-state index is 12.4. The number of piperazine rings is 1. The summed E-state index contributed by atoms with van der Waals surface area (Å²) in [5.74, 6) is -0.557. The van der Waals surface area contributed by atoms with Gasteiger partial charge in [-0.25, -0.2) is 4.79 Å². The molecule has 1 fully saturated rings. The SMILES string of the molecule is CC(=O)N1CCN(c2cccc(Nc3ccc(C(=O)OC(C)N(C)C)cc3[N+](=O)[O-])c2)CC1. The predicted molar refractivity (Wildman–Crippen MR) is 126 cm³/mol. The third kappa shape index (κ3) is 5.98. The summed E-state index contributed by atoms with van der Waals surface area (Å²) in [7, 11) is 3.54. The molecule has 10 nitrogen and oxygen atoms in total. The van der Waals surface area contributed by atoms with Gasteiger partial charge in [0.25, 0.3) is 5.69 Å². The van der Waals surface area contributed by atoms with E-state index in [-0.39, 0.29) is 22.8 Å². The number of carbonyl (C=O) groups excluding carboxylic acids is 2. The van der Waals surface area contributed by atoms with Crippen LogP contribution in [0.5, 0.6) is 0 Å². The third-order valence-corrected chi connectivity index (χ3v) is 5.65. The molecule has 2 aromatic rings. The number of hydrogen-bond donors (Lipinski definition) is 1. The topological polar surface area (TPSA) is 108 Å². The summed E-state index contributed by atoms with van der Waals surface area (Å²) in [6.45, 7) is 6.03. The van der Waals surface area contributed by atoms with E-state index in [1.165, 1.54) is 18.2 Å². The Labute approximate surface area is 192 Å². The normalized spacial score (nSPS) is 14.7. The number of nitrogens with zero attached hydrogens (tertiary/aromatic N) is 4. The van der Waals surface area contributed by atoms with E-state index < -0.39 is 17.1 Å². The van der Waals surface area contributed by atoms with Crippen LogP contribution < -0.4 is 10.2 Å². The van der Waals surface area contributed by atoms with Crippen LogP contribution in [-0.2, 0) is 9.53 Å². The molecule has 10 heteroatoms. The van der Waals surface area contributed by atoms with E-state index in [1.54, 1.807) is 32.8 Å². The van der Waals surface area contributed by atoms with Crippen molar-refractivity contribution in [2.45, 2.75) is 20.1 Å². The van der Waals surface area contributed by atoms with Gasteiger partial charge in [-0.05, 0) is 51.4 Å². The van der Waals surface area contributed by atoms with E-state index in [9.17, 15) is 19.7 Å². The van der Waals surface area contributed by atoms with Gasteiger partial charge in [0.2, 0.25) is 5.91 Å². The second-order valence-electron chi connectivity index (χ2n) is 8.13. The molecular formula is C23H29N5O5. The zero-order valence-electron chi connectivity index (χ0n) is 19.3. The van der Waals surface area contributed by atoms with Crippen molar-refractivity contribution >= 4 is 34.6 Å². The average molecular weight is 456 g/mol. The molecule has 1 atom stereocenters. The molecule has 33 heavy (non-hydrogen) atoms. The van der Waals surface area contributed by atoms with Crippen LogP contribution >= 0.6 is 0 Å². The van der Waals surface area contributed by atoms with Crippen molar-refractivity contribution in [2.24, 2.45) is 0 Å². The first-order chi connectivity index (χ1) is 15.7. The first-order valence-corrected chi connectivity index (χ1v) is 10.7. The largest absolute Gasteiger partial charge is 0.443 e. The molecule has 1 saturated heterocycles. The Hall–Kier alpha value is -3.66. The number of esters is 1. The minimum atomic E-state index is -0.627. The molecule has 2 aromatic carbocycles. The fourth-order valence-electron chi connectivity index (χ4n) is 3.46. The first kappa shape index (κ1) is 24.0. The molecular weight excluding hydrogens is 426 g/mol. The number of hydrogen-bond acceptors (Lipinski definition) is 8. The van der Waals surface area contributed by atoms with Crippen molar-refractivity contribution in [2.75, 3.05) is 50.5 Å². The predicted octanol–water partition coefficient (Wildman–Crippen LogP) is 3.07. The Bertz CT molecular complexity index is 1030. The third-order valence-electron chi connectivity index (χ3n) is 5.65. The molecule has 1 unspecified atom stereocenters. The summed E-state index contributed by atoms with van der Waals surface area (Å²) < 4.78 is 5.31. The van der Waals surface area contributed by atoms with Crippen LogP contribution in [0, 0.1) is 10.1 Å². The Morgan fingerprint density at radius 3 is 2.42 bits per heavy atom. The molecule has 3 rings (SSSR count). The zero-order valence-corrected chi connectivity index (χ0v) is 19.3. The molecule has 0 bridgehead atoms. The van der Waals surface area contributed by atoms with Crippen molar-refractivity contribution in [1.82, 2.24) is 9.80 Å². The fourth-order valence-corrected chi connectivity index (χ4v) is 3.46. The number of nitro groups is 1. The van der Waals surface area contributed by atoms with Crippen LogP contribution in [0.1, 0.15) is 24.2 Å². The lowest BCUT2D eigenvalue weighted by molar-refractivity contribution is -0.383. The molecule has 0 aromatic heterocycles. The van der Waals surface area contributed by atoms with E-state index in [4.69, 9.17) is 4.74 Å². The van der Waals surface area contributed by atoms with Gasteiger partial charge >= 0.3 is 5.97 Å². The quantitative estimate of drug-likeness (QED) is 0.294. The number of carbonyl (C=O) groups is 2. The van der Waals surface area contributed by atoms with Gasteiger partial charge in [0.15, 0.2) is 6.23 Å². The lowest BCUT2D eigenvalue weighted by Gasteiger charge is -2.35. The maximum Gasteiger partial charge on any atom is 0.339 e. The van der Waals surface area contributed by atoms with Crippen LogP contribution in [0.25, 0.3) is 0 Å². The Balaban J connectivity index is 1.76. The molecule has 0 spiro atoms. The number of nitrogens with one attached hydrogen (secondary N) is 1. The molecule has 0 aliphatic carbocycles. The number of ether oxygens (including phenoxy) is 1. The minimum absolute atomic E-state index is 0.0703. The van der Waals surface area contributed by atoms with Crippen LogP contribution in [0.2, 0.25) is 0 Å². The van der Waals surface area contributed by atoms with Crippen molar-refractivity contribution in [3.63, 3.8) is 0 Å². The maximum atomic E-state index is 12.4. The van der Waals surface area contributed by atoms with E-state index in [0.29, 0.717) is 31.9 Å². The second-order valence-corrected chi connectivity index (χ2v) is 8.13. The Morgan fingerprint density at radius 2 is 1.82 bits per heavy atom. The molecule has 1 aliphatic heterocycles. The molecule has 0 saturated carbocycles. The highest BCUT2D eigenvalue weighted by atomic mass is 16.6. The summed E-state index contributed by atoms with van der Waals surface area (Å²) in [6.07, 6.45) is -0.464. The summed E-state index contributed by atoms with van der Waals surface area (Å²) in [5.41, 5.74) is 1.81. The highest BCUT2D eigenvalue weighted by Gasteiger charge is 2.22. The fraction of sp³-hybridized carbons (Fsp3) is 0.391. The van der Waals surface area contributed by atoms with Crippen molar-refractivity contribution in [3.05, 3.63) is 58.1 Å².